The van der Waals surface area contributed by atoms with Crippen LogP contribution in [0.1, 0.15) is 24.8 Å². The summed E-state index contributed by atoms with van der Waals surface area (Å²) in [4.78, 5) is 12.3. The Kier molecular flexibility index (Phi) is 3.25. The zero-order chi connectivity index (χ0) is 11.6. The summed E-state index contributed by atoms with van der Waals surface area (Å²) in [6.45, 7) is 0.562. The first-order valence-electron chi connectivity index (χ1n) is 5.24. The van der Waals surface area contributed by atoms with Crippen LogP contribution in [-0.4, -0.2) is 10.9 Å². The summed E-state index contributed by atoms with van der Waals surface area (Å²) < 4.78 is 0. The molecule has 0 unspecified atom stereocenters. The molecule has 3 nitrogen and oxygen atoms in total. The minimum absolute atomic E-state index is 0.0162. The lowest BCUT2D eigenvalue weighted by Gasteiger charge is -2.39. The topological polar surface area (TPSA) is 55.1 Å². The van der Waals surface area contributed by atoms with Gasteiger partial charge in [-0.05, 0) is 35.2 Å². The van der Waals surface area contributed by atoms with Crippen molar-refractivity contribution < 1.29 is 4.79 Å². The van der Waals surface area contributed by atoms with Crippen LogP contribution in [0.25, 0.3) is 0 Å². The van der Waals surface area contributed by atoms with Gasteiger partial charge in [-0.15, -0.1) is 0 Å². The molecule has 1 aliphatic rings. The van der Waals surface area contributed by atoms with Crippen molar-refractivity contribution in [2.45, 2.75) is 25.8 Å². The maximum absolute atomic E-state index is 12.0. The van der Waals surface area contributed by atoms with Gasteiger partial charge in [0.1, 0.15) is 0 Å². The molecule has 1 amide bonds. The summed E-state index contributed by atoms with van der Waals surface area (Å²) >= 11 is 6.61. The van der Waals surface area contributed by atoms with Gasteiger partial charge >= 0.3 is 0 Å². The van der Waals surface area contributed by atoms with Crippen molar-refractivity contribution in [3.8, 4) is 0 Å². The summed E-state index contributed by atoms with van der Waals surface area (Å²) in [6, 6.07) is 2.00. The SMILES string of the molecule is NC(=S)C1(C(=O)NCc2ccsc2)CCC1. The van der Waals surface area contributed by atoms with Gasteiger partial charge in [0.15, 0.2) is 0 Å². The van der Waals surface area contributed by atoms with E-state index in [1.807, 2.05) is 16.8 Å². The monoisotopic (exact) mass is 254 g/mol. The van der Waals surface area contributed by atoms with Crippen molar-refractivity contribution in [2.24, 2.45) is 11.1 Å². The first kappa shape index (κ1) is 11.5. The minimum Gasteiger partial charge on any atom is -0.392 e. The van der Waals surface area contributed by atoms with E-state index in [1.54, 1.807) is 11.3 Å². The second-order valence-corrected chi connectivity index (χ2v) is 5.33. The number of thiocarbonyl (C=S) groups is 1. The number of carbonyl (C=O) groups excluding carboxylic acids is 1. The normalized spacial score (nSPS) is 17.5. The molecule has 1 aliphatic carbocycles. The molecule has 1 fully saturated rings. The van der Waals surface area contributed by atoms with Crippen LogP contribution in [0.3, 0.4) is 0 Å². The predicted octanol–water partition coefficient (Wildman–Crippen LogP) is 1.82. The van der Waals surface area contributed by atoms with Gasteiger partial charge in [-0.3, -0.25) is 4.79 Å². The highest BCUT2D eigenvalue weighted by Gasteiger charge is 2.46. The summed E-state index contributed by atoms with van der Waals surface area (Å²) in [5.41, 5.74) is 6.21. The standard InChI is InChI=1S/C11H14N2OS2/c12-9(15)11(3-1-4-11)10(14)13-6-8-2-5-16-7-8/h2,5,7H,1,3-4,6H2,(H2,12,15)(H,13,14). The van der Waals surface area contributed by atoms with E-state index in [0.29, 0.717) is 11.5 Å². The van der Waals surface area contributed by atoms with Gasteiger partial charge in [-0.2, -0.15) is 11.3 Å². The molecule has 0 aliphatic heterocycles. The third kappa shape index (κ3) is 1.97. The van der Waals surface area contributed by atoms with E-state index in [-0.39, 0.29) is 5.91 Å². The molecule has 1 aromatic rings. The van der Waals surface area contributed by atoms with Crippen LogP contribution in [0.5, 0.6) is 0 Å². The van der Waals surface area contributed by atoms with Crippen LogP contribution in [0, 0.1) is 5.41 Å². The van der Waals surface area contributed by atoms with E-state index in [9.17, 15) is 4.79 Å². The highest BCUT2D eigenvalue weighted by atomic mass is 32.1. The van der Waals surface area contributed by atoms with Crippen molar-refractivity contribution in [1.29, 1.82) is 0 Å². The summed E-state index contributed by atoms with van der Waals surface area (Å²) in [6.07, 6.45) is 2.61. The van der Waals surface area contributed by atoms with Crippen LogP contribution in [0.15, 0.2) is 16.8 Å². The van der Waals surface area contributed by atoms with Gasteiger partial charge in [-0.1, -0.05) is 18.6 Å². The Morgan fingerprint density at radius 2 is 2.38 bits per heavy atom. The number of nitrogens with one attached hydrogen (secondary N) is 1. The Hall–Kier alpha value is -0.940. The molecular formula is C11H14N2OS2. The highest BCUT2D eigenvalue weighted by molar-refractivity contribution is 7.80. The third-order valence-corrected chi connectivity index (χ3v) is 4.27. The fraction of sp³-hybridized carbons (Fsp3) is 0.455. The van der Waals surface area contributed by atoms with Gasteiger partial charge in [0, 0.05) is 6.54 Å². The highest BCUT2D eigenvalue weighted by Crippen LogP contribution is 2.41. The Morgan fingerprint density at radius 1 is 1.62 bits per heavy atom. The van der Waals surface area contributed by atoms with E-state index >= 15 is 0 Å². The van der Waals surface area contributed by atoms with Crippen molar-refractivity contribution in [2.75, 3.05) is 0 Å². The van der Waals surface area contributed by atoms with Gasteiger partial charge in [0.05, 0.1) is 10.4 Å². The third-order valence-electron chi connectivity index (χ3n) is 3.15. The van der Waals surface area contributed by atoms with Crippen LogP contribution in [-0.2, 0) is 11.3 Å². The molecule has 0 radical (unpaired) electrons. The Balaban J connectivity index is 1.95. The molecule has 3 N–H and O–H groups in total. The second kappa shape index (κ2) is 4.51. The summed E-state index contributed by atoms with van der Waals surface area (Å²) in [7, 11) is 0. The first-order chi connectivity index (χ1) is 7.65. The molecule has 86 valence electrons. The lowest BCUT2D eigenvalue weighted by molar-refractivity contribution is -0.131. The van der Waals surface area contributed by atoms with Gasteiger partial charge < -0.3 is 11.1 Å². The Morgan fingerprint density at radius 3 is 2.81 bits per heavy atom. The molecule has 0 aromatic carbocycles. The first-order valence-corrected chi connectivity index (χ1v) is 6.59. The largest absolute Gasteiger partial charge is 0.392 e. The van der Waals surface area contributed by atoms with Crippen LogP contribution < -0.4 is 11.1 Å². The number of thiophene rings is 1. The fourth-order valence-electron chi connectivity index (χ4n) is 1.86. The number of carbonyl (C=O) groups is 1. The van der Waals surface area contributed by atoms with Crippen LogP contribution in [0.2, 0.25) is 0 Å². The van der Waals surface area contributed by atoms with Crippen LogP contribution in [0.4, 0.5) is 0 Å². The molecule has 0 spiro atoms. The molecule has 2 rings (SSSR count). The number of rotatable bonds is 4. The number of nitrogens with two attached hydrogens (primary N) is 1. The maximum Gasteiger partial charge on any atom is 0.233 e. The molecule has 0 saturated heterocycles. The summed E-state index contributed by atoms with van der Waals surface area (Å²) in [5.74, 6) is -0.0162. The maximum atomic E-state index is 12.0. The number of hydrogen-bond donors (Lipinski definition) is 2. The molecular weight excluding hydrogens is 240 g/mol. The average Bonchev–Trinajstić information content (AvgIpc) is 2.64. The van der Waals surface area contributed by atoms with Gasteiger partial charge in [0.25, 0.3) is 0 Å². The van der Waals surface area contributed by atoms with Gasteiger partial charge in [-0.25, -0.2) is 0 Å². The molecule has 0 atom stereocenters. The van der Waals surface area contributed by atoms with Crippen LogP contribution >= 0.6 is 23.6 Å². The van der Waals surface area contributed by atoms with Crippen molar-refractivity contribution in [3.63, 3.8) is 0 Å². The molecule has 0 bridgehead atoms. The average molecular weight is 254 g/mol. The van der Waals surface area contributed by atoms with Crippen molar-refractivity contribution >= 4 is 34.5 Å². The van der Waals surface area contributed by atoms with E-state index in [0.717, 1.165) is 24.8 Å². The second-order valence-electron chi connectivity index (χ2n) is 4.11. The molecule has 16 heavy (non-hydrogen) atoms. The lowest BCUT2D eigenvalue weighted by atomic mass is 9.68. The quantitative estimate of drug-likeness (QED) is 0.806. The fourth-order valence-corrected chi connectivity index (χ4v) is 2.83. The van der Waals surface area contributed by atoms with E-state index in [1.165, 1.54) is 0 Å². The summed E-state index contributed by atoms with van der Waals surface area (Å²) in [5, 5.41) is 6.93. The van der Waals surface area contributed by atoms with E-state index < -0.39 is 5.41 Å². The number of hydrogen-bond acceptors (Lipinski definition) is 3. The zero-order valence-electron chi connectivity index (χ0n) is 8.86. The predicted molar refractivity (Wildman–Crippen MR) is 69.2 cm³/mol. The van der Waals surface area contributed by atoms with Crippen molar-refractivity contribution in [1.82, 2.24) is 5.32 Å². The lowest BCUT2D eigenvalue weighted by Crippen LogP contribution is -2.52. The van der Waals surface area contributed by atoms with E-state index in [4.69, 9.17) is 18.0 Å². The molecule has 1 aromatic heterocycles. The zero-order valence-corrected chi connectivity index (χ0v) is 10.5. The minimum atomic E-state index is -0.564. The molecule has 1 heterocycles. The number of amides is 1. The smallest absolute Gasteiger partial charge is 0.233 e. The Labute approximate surface area is 104 Å². The van der Waals surface area contributed by atoms with Crippen molar-refractivity contribution in [3.05, 3.63) is 22.4 Å². The molecule has 5 heteroatoms. The molecule has 1 saturated carbocycles. The Bertz CT molecular complexity index is 396. The van der Waals surface area contributed by atoms with E-state index in [2.05, 4.69) is 5.32 Å². The van der Waals surface area contributed by atoms with Gasteiger partial charge in [0.2, 0.25) is 5.91 Å².